The highest BCUT2D eigenvalue weighted by atomic mass is 35.5. The number of aromatic nitrogens is 5. The number of halogens is 1. The second-order valence-corrected chi connectivity index (χ2v) is 8.79. The highest BCUT2D eigenvalue weighted by molar-refractivity contribution is 7.59. The summed E-state index contributed by atoms with van der Waals surface area (Å²) in [6, 6.07) is 12.7. The summed E-state index contributed by atoms with van der Waals surface area (Å²) in [6.45, 7) is 4.76. The van der Waals surface area contributed by atoms with Gasteiger partial charge in [-0.05, 0) is 18.2 Å². The first kappa shape index (κ1) is 22.6. The summed E-state index contributed by atoms with van der Waals surface area (Å²) in [5.74, 6) is 1.01. The fourth-order valence-corrected chi connectivity index (χ4v) is 4.57. The maximum Gasteiger partial charge on any atom is 0.284 e. The molecule has 1 aliphatic heterocycles. The molecule has 1 saturated heterocycles. The number of para-hydroxylation sites is 1. The van der Waals surface area contributed by atoms with Crippen molar-refractivity contribution in [1.29, 1.82) is 5.26 Å². The SMILES string of the molecule is CC1(C)CN(c2nc(N)ncc2C#N)[C@@H]1c1nn2ccc(Cl)c2c(=O)n1-c1ccccc1.S. The molecule has 0 radical (unpaired) electrons. The van der Waals surface area contributed by atoms with Crippen LogP contribution in [0.15, 0.2) is 53.6 Å². The summed E-state index contributed by atoms with van der Waals surface area (Å²) < 4.78 is 3.09. The molecule has 4 aromatic rings. The molecule has 9 nitrogen and oxygen atoms in total. The Kier molecular flexibility index (Phi) is 5.56. The minimum atomic E-state index is -0.359. The molecule has 4 heterocycles. The molecule has 0 amide bonds. The third-order valence-electron chi connectivity index (χ3n) is 5.73. The van der Waals surface area contributed by atoms with Gasteiger partial charge in [-0.3, -0.25) is 9.36 Å². The second-order valence-electron chi connectivity index (χ2n) is 8.39. The highest BCUT2D eigenvalue weighted by Gasteiger charge is 2.50. The molecule has 11 heteroatoms. The van der Waals surface area contributed by atoms with E-state index in [-0.39, 0.29) is 36.5 Å². The van der Waals surface area contributed by atoms with Crippen molar-refractivity contribution in [3.63, 3.8) is 0 Å². The Balaban J connectivity index is 0.00000259. The molecular formula is C22H21ClN8OS. The Morgan fingerprint density at radius 2 is 1.97 bits per heavy atom. The van der Waals surface area contributed by atoms with Crippen LogP contribution in [0.1, 0.15) is 31.3 Å². The van der Waals surface area contributed by atoms with Gasteiger partial charge in [-0.15, -0.1) is 0 Å². The van der Waals surface area contributed by atoms with Gasteiger partial charge in [-0.25, -0.2) is 9.50 Å². The number of anilines is 2. The Bertz CT molecular complexity index is 1460. The van der Waals surface area contributed by atoms with E-state index >= 15 is 0 Å². The lowest BCUT2D eigenvalue weighted by Crippen LogP contribution is -2.58. The normalized spacial score (nSPS) is 16.7. The first-order chi connectivity index (χ1) is 15.3. The third kappa shape index (κ3) is 3.50. The number of nitrogens with zero attached hydrogens (tertiary/aromatic N) is 7. The Morgan fingerprint density at radius 1 is 1.24 bits per heavy atom. The summed E-state index contributed by atoms with van der Waals surface area (Å²) in [5, 5.41) is 14.7. The van der Waals surface area contributed by atoms with Crippen molar-refractivity contribution in [2.24, 2.45) is 5.41 Å². The minimum Gasteiger partial charge on any atom is -0.368 e. The molecule has 1 aliphatic rings. The van der Waals surface area contributed by atoms with E-state index in [4.69, 9.17) is 22.4 Å². The number of rotatable bonds is 3. The first-order valence-corrected chi connectivity index (χ1v) is 10.3. The van der Waals surface area contributed by atoms with E-state index in [0.29, 0.717) is 40.0 Å². The maximum atomic E-state index is 13.6. The van der Waals surface area contributed by atoms with Gasteiger partial charge in [0.1, 0.15) is 17.1 Å². The van der Waals surface area contributed by atoms with Gasteiger partial charge in [0.25, 0.3) is 5.56 Å². The van der Waals surface area contributed by atoms with Crippen molar-refractivity contribution < 1.29 is 0 Å². The molecule has 1 aromatic carbocycles. The van der Waals surface area contributed by atoms with Crippen LogP contribution in [0.25, 0.3) is 11.2 Å². The zero-order valence-corrected chi connectivity index (χ0v) is 19.7. The molecule has 0 unspecified atom stereocenters. The molecule has 0 aliphatic carbocycles. The zero-order chi connectivity index (χ0) is 22.6. The van der Waals surface area contributed by atoms with E-state index in [9.17, 15) is 10.1 Å². The van der Waals surface area contributed by atoms with Gasteiger partial charge in [0.15, 0.2) is 11.6 Å². The lowest BCUT2D eigenvalue weighted by molar-refractivity contribution is 0.166. The summed E-state index contributed by atoms with van der Waals surface area (Å²) in [4.78, 5) is 23.8. The lowest BCUT2D eigenvalue weighted by atomic mass is 9.74. The predicted molar refractivity (Wildman–Crippen MR) is 131 cm³/mol. The standard InChI is InChI=1S/C22H19ClN8O.H2S/c1-22(2)12-29(18-13(10-24)11-26-21(25)27-18)17(22)19-28-30-9-8-15(23)16(30)20(32)31(19)14-6-4-3-5-7-14;/h3-9,11,17H,12H2,1-2H3,(H2,25,26,27);1H2/t17-;/m1./s1. The number of fused-ring (bicyclic) bond motifs is 1. The van der Waals surface area contributed by atoms with Crippen LogP contribution in [0.3, 0.4) is 0 Å². The summed E-state index contributed by atoms with van der Waals surface area (Å²) in [7, 11) is 0. The van der Waals surface area contributed by atoms with Gasteiger partial charge in [0.2, 0.25) is 5.95 Å². The molecule has 33 heavy (non-hydrogen) atoms. The van der Waals surface area contributed by atoms with Gasteiger partial charge < -0.3 is 10.6 Å². The van der Waals surface area contributed by atoms with E-state index in [1.165, 1.54) is 10.7 Å². The van der Waals surface area contributed by atoms with E-state index in [1.807, 2.05) is 35.2 Å². The van der Waals surface area contributed by atoms with Crippen LogP contribution >= 0.6 is 25.1 Å². The topological polar surface area (TPSA) is 118 Å². The number of benzene rings is 1. The number of hydrogen-bond acceptors (Lipinski definition) is 7. The third-order valence-corrected chi connectivity index (χ3v) is 6.04. The second kappa shape index (κ2) is 8.10. The monoisotopic (exact) mass is 480 g/mol. The zero-order valence-electron chi connectivity index (χ0n) is 17.9. The summed E-state index contributed by atoms with van der Waals surface area (Å²) in [5.41, 5.74) is 6.55. The number of nitrogen functional groups attached to an aromatic ring is 1. The first-order valence-electron chi connectivity index (χ1n) is 9.96. The molecule has 1 fully saturated rings. The van der Waals surface area contributed by atoms with Crippen LogP contribution < -0.4 is 16.2 Å². The minimum absolute atomic E-state index is 0. The van der Waals surface area contributed by atoms with Crippen LogP contribution in [-0.4, -0.2) is 30.7 Å². The lowest BCUT2D eigenvalue weighted by Gasteiger charge is -2.54. The van der Waals surface area contributed by atoms with Gasteiger partial charge in [0.05, 0.1) is 22.9 Å². The van der Waals surface area contributed by atoms with Crippen molar-refractivity contribution >= 4 is 42.4 Å². The molecule has 3 aromatic heterocycles. The number of nitriles is 1. The summed E-state index contributed by atoms with van der Waals surface area (Å²) >= 11 is 6.30. The smallest absolute Gasteiger partial charge is 0.284 e. The van der Waals surface area contributed by atoms with Gasteiger partial charge >= 0.3 is 0 Å². The van der Waals surface area contributed by atoms with Gasteiger partial charge in [-0.2, -0.15) is 28.8 Å². The van der Waals surface area contributed by atoms with E-state index in [0.717, 1.165) is 0 Å². The van der Waals surface area contributed by atoms with E-state index in [1.54, 1.807) is 16.8 Å². The molecule has 168 valence electrons. The fraction of sp³-hybridized carbons (Fsp3) is 0.227. The average Bonchev–Trinajstić information content (AvgIpc) is 3.13. The van der Waals surface area contributed by atoms with Crippen molar-refractivity contribution in [2.45, 2.75) is 19.9 Å². The van der Waals surface area contributed by atoms with Crippen LogP contribution in [0, 0.1) is 16.7 Å². The Hall–Kier alpha value is -3.55. The summed E-state index contributed by atoms with van der Waals surface area (Å²) in [6.07, 6.45) is 3.07. The Labute approximate surface area is 201 Å². The van der Waals surface area contributed by atoms with E-state index in [2.05, 4.69) is 29.9 Å². The molecule has 5 rings (SSSR count). The average molecular weight is 481 g/mol. The number of hydrogen-bond donors (Lipinski definition) is 1. The predicted octanol–water partition coefficient (Wildman–Crippen LogP) is 3.08. The van der Waals surface area contributed by atoms with Crippen LogP contribution in [0.4, 0.5) is 11.8 Å². The van der Waals surface area contributed by atoms with Gasteiger partial charge in [0, 0.05) is 18.2 Å². The molecule has 0 spiro atoms. The largest absolute Gasteiger partial charge is 0.368 e. The van der Waals surface area contributed by atoms with Gasteiger partial charge in [-0.1, -0.05) is 43.6 Å². The van der Waals surface area contributed by atoms with E-state index < -0.39 is 0 Å². The molecule has 0 bridgehead atoms. The molecular weight excluding hydrogens is 460 g/mol. The molecule has 2 N–H and O–H groups in total. The fourth-order valence-electron chi connectivity index (χ4n) is 4.35. The molecule has 0 saturated carbocycles. The van der Waals surface area contributed by atoms with Crippen molar-refractivity contribution in [3.05, 3.63) is 75.6 Å². The number of nitrogens with two attached hydrogens (primary N) is 1. The van der Waals surface area contributed by atoms with Crippen molar-refractivity contribution in [1.82, 2.24) is 24.1 Å². The van der Waals surface area contributed by atoms with Crippen LogP contribution in [-0.2, 0) is 0 Å². The maximum absolute atomic E-state index is 13.6. The Morgan fingerprint density at radius 3 is 2.64 bits per heavy atom. The highest BCUT2D eigenvalue weighted by Crippen LogP contribution is 2.50. The van der Waals surface area contributed by atoms with Crippen LogP contribution in [0.2, 0.25) is 5.02 Å². The molecule has 1 atom stereocenters. The quantitative estimate of drug-likeness (QED) is 0.478. The van der Waals surface area contributed by atoms with Crippen molar-refractivity contribution in [3.8, 4) is 11.8 Å². The van der Waals surface area contributed by atoms with Crippen molar-refractivity contribution in [2.75, 3.05) is 17.2 Å². The van der Waals surface area contributed by atoms with Crippen LogP contribution in [0.5, 0.6) is 0 Å².